The number of ether oxygens (including phenoxy) is 1. The van der Waals surface area contributed by atoms with Crippen LogP contribution in [-0.2, 0) is 22.7 Å². The standard InChI is InChI=1S/C31H27NO5/c1-20-8-6-11-23(16-20)28-27(30(34)31(35)32(28)18-25-12-7-15-36-25)29(33)24-13-14-26(21(2)17-24)37-19-22-9-4-3-5-10-22/h3-17,28,33H,18-19H2,1-2H3/b29-27-. The fourth-order valence-electron chi connectivity index (χ4n) is 4.65. The number of rotatable bonds is 7. The summed E-state index contributed by atoms with van der Waals surface area (Å²) in [7, 11) is 0. The first-order valence-electron chi connectivity index (χ1n) is 12.1. The highest BCUT2D eigenvalue weighted by molar-refractivity contribution is 6.46. The van der Waals surface area contributed by atoms with E-state index < -0.39 is 17.7 Å². The largest absolute Gasteiger partial charge is 0.507 e. The molecule has 0 saturated carbocycles. The quantitative estimate of drug-likeness (QED) is 0.191. The molecule has 1 aliphatic heterocycles. The van der Waals surface area contributed by atoms with Crippen LogP contribution < -0.4 is 4.74 Å². The van der Waals surface area contributed by atoms with Crippen molar-refractivity contribution in [2.24, 2.45) is 0 Å². The highest BCUT2D eigenvalue weighted by Gasteiger charge is 2.46. The van der Waals surface area contributed by atoms with Crippen molar-refractivity contribution < 1.29 is 23.8 Å². The number of Topliss-reactive ketones (excluding diaryl/α,β-unsaturated/α-hetero) is 1. The van der Waals surface area contributed by atoms with Crippen LogP contribution in [0.15, 0.2) is 101 Å². The third-order valence-electron chi connectivity index (χ3n) is 6.49. The zero-order valence-electron chi connectivity index (χ0n) is 20.7. The molecule has 6 nitrogen and oxygen atoms in total. The molecule has 37 heavy (non-hydrogen) atoms. The lowest BCUT2D eigenvalue weighted by atomic mass is 9.94. The van der Waals surface area contributed by atoms with Crippen molar-refractivity contribution in [3.8, 4) is 5.75 Å². The molecule has 1 aliphatic rings. The van der Waals surface area contributed by atoms with E-state index in [0.717, 1.165) is 22.3 Å². The minimum atomic E-state index is -0.751. The summed E-state index contributed by atoms with van der Waals surface area (Å²) in [6, 6.07) is 25.4. The van der Waals surface area contributed by atoms with Gasteiger partial charge in [0, 0.05) is 5.56 Å². The van der Waals surface area contributed by atoms with Gasteiger partial charge in [-0.3, -0.25) is 9.59 Å². The Balaban J connectivity index is 1.52. The maximum atomic E-state index is 13.3. The minimum absolute atomic E-state index is 0.0551. The van der Waals surface area contributed by atoms with E-state index in [4.69, 9.17) is 9.15 Å². The lowest BCUT2D eigenvalue weighted by Gasteiger charge is -2.25. The number of amides is 1. The van der Waals surface area contributed by atoms with E-state index in [2.05, 4.69) is 0 Å². The van der Waals surface area contributed by atoms with Gasteiger partial charge in [0.25, 0.3) is 11.7 Å². The van der Waals surface area contributed by atoms with Crippen molar-refractivity contribution in [1.29, 1.82) is 0 Å². The molecule has 0 aliphatic carbocycles. The summed E-state index contributed by atoms with van der Waals surface area (Å²) < 4.78 is 11.4. The molecule has 6 heteroatoms. The summed E-state index contributed by atoms with van der Waals surface area (Å²) in [4.78, 5) is 27.9. The van der Waals surface area contributed by atoms with Crippen LogP contribution in [0.2, 0.25) is 0 Å². The third-order valence-corrected chi connectivity index (χ3v) is 6.49. The average Bonchev–Trinajstić information content (AvgIpc) is 3.50. The van der Waals surface area contributed by atoms with Crippen LogP contribution in [0.4, 0.5) is 0 Å². The Labute approximate surface area is 215 Å². The molecule has 0 spiro atoms. The van der Waals surface area contributed by atoms with Crippen molar-refractivity contribution in [3.63, 3.8) is 0 Å². The second-order valence-electron chi connectivity index (χ2n) is 9.18. The number of hydrogen-bond acceptors (Lipinski definition) is 5. The fraction of sp³-hybridized carbons (Fsp3) is 0.161. The molecule has 5 rings (SSSR count). The highest BCUT2D eigenvalue weighted by Crippen LogP contribution is 2.41. The minimum Gasteiger partial charge on any atom is -0.507 e. The molecule has 1 amide bonds. The first-order valence-corrected chi connectivity index (χ1v) is 12.1. The van der Waals surface area contributed by atoms with E-state index in [9.17, 15) is 14.7 Å². The molecular formula is C31H27NO5. The molecule has 1 aromatic heterocycles. The van der Waals surface area contributed by atoms with Crippen molar-refractivity contribution in [1.82, 2.24) is 4.90 Å². The third kappa shape index (κ3) is 4.91. The highest BCUT2D eigenvalue weighted by atomic mass is 16.5. The number of aliphatic hydroxyl groups is 1. The topological polar surface area (TPSA) is 80.0 Å². The summed E-state index contributed by atoms with van der Waals surface area (Å²) in [6.45, 7) is 4.35. The molecule has 1 unspecified atom stereocenters. The van der Waals surface area contributed by atoms with E-state index in [-0.39, 0.29) is 17.9 Å². The van der Waals surface area contributed by atoms with Crippen LogP contribution in [0.1, 0.15) is 39.6 Å². The molecule has 1 atom stereocenters. The molecule has 0 bridgehead atoms. The first-order chi connectivity index (χ1) is 17.9. The number of benzene rings is 3. The van der Waals surface area contributed by atoms with E-state index in [1.54, 1.807) is 30.3 Å². The molecule has 0 radical (unpaired) electrons. The van der Waals surface area contributed by atoms with Gasteiger partial charge in [-0.05, 0) is 60.9 Å². The van der Waals surface area contributed by atoms with Crippen molar-refractivity contribution in [2.45, 2.75) is 33.0 Å². The second kappa shape index (κ2) is 10.2. The summed E-state index contributed by atoms with van der Waals surface area (Å²) in [5.74, 6) is -0.393. The predicted molar refractivity (Wildman–Crippen MR) is 140 cm³/mol. The zero-order chi connectivity index (χ0) is 25.9. The van der Waals surface area contributed by atoms with Gasteiger partial charge in [0.05, 0.1) is 24.4 Å². The van der Waals surface area contributed by atoms with Crippen molar-refractivity contribution >= 4 is 17.4 Å². The Bertz CT molecular complexity index is 1470. The van der Waals surface area contributed by atoms with E-state index >= 15 is 0 Å². The Morgan fingerprint density at radius 2 is 1.76 bits per heavy atom. The Hall–Kier alpha value is -4.58. The lowest BCUT2D eigenvalue weighted by molar-refractivity contribution is -0.140. The maximum Gasteiger partial charge on any atom is 0.296 e. The van der Waals surface area contributed by atoms with Crippen LogP contribution in [0, 0.1) is 13.8 Å². The fourth-order valence-corrected chi connectivity index (χ4v) is 4.65. The number of carbonyl (C=O) groups excluding carboxylic acids is 2. The number of likely N-dealkylation sites (tertiary alicyclic amines) is 1. The van der Waals surface area contributed by atoms with Gasteiger partial charge in [-0.15, -0.1) is 0 Å². The predicted octanol–water partition coefficient (Wildman–Crippen LogP) is 6.10. The number of aryl methyl sites for hydroxylation is 2. The first kappa shape index (κ1) is 24.1. The van der Waals surface area contributed by atoms with E-state index in [1.165, 1.54) is 11.2 Å². The van der Waals surface area contributed by atoms with Gasteiger partial charge in [0.2, 0.25) is 0 Å². The van der Waals surface area contributed by atoms with E-state index in [1.807, 2.05) is 68.4 Å². The number of ketones is 1. The Morgan fingerprint density at radius 3 is 2.46 bits per heavy atom. The summed E-state index contributed by atoms with van der Waals surface area (Å²) in [5.41, 5.74) is 4.07. The van der Waals surface area contributed by atoms with Gasteiger partial charge in [-0.2, -0.15) is 0 Å². The normalized spacial score (nSPS) is 16.8. The summed E-state index contributed by atoms with van der Waals surface area (Å²) in [6.07, 6.45) is 1.53. The number of hydrogen-bond donors (Lipinski definition) is 1. The van der Waals surface area contributed by atoms with Crippen molar-refractivity contribution in [2.75, 3.05) is 0 Å². The molecule has 2 heterocycles. The molecule has 3 aromatic carbocycles. The zero-order valence-corrected chi connectivity index (χ0v) is 20.7. The SMILES string of the molecule is Cc1cccc(C2/C(=C(/O)c3ccc(OCc4ccccc4)c(C)c3)C(=O)C(=O)N2Cc2ccco2)c1. The van der Waals surface area contributed by atoms with Crippen LogP contribution in [0.3, 0.4) is 0 Å². The maximum absolute atomic E-state index is 13.3. The molecule has 186 valence electrons. The number of furan rings is 1. The van der Waals surface area contributed by atoms with Crippen LogP contribution >= 0.6 is 0 Å². The molecule has 1 fully saturated rings. The molecular weight excluding hydrogens is 466 g/mol. The molecule has 1 N–H and O–H groups in total. The second-order valence-corrected chi connectivity index (χ2v) is 9.18. The smallest absolute Gasteiger partial charge is 0.296 e. The number of nitrogens with zero attached hydrogens (tertiary/aromatic N) is 1. The number of aliphatic hydroxyl groups excluding tert-OH is 1. The van der Waals surface area contributed by atoms with Gasteiger partial charge in [-0.25, -0.2) is 0 Å². The summed E-state index contributed by atoms with van der Waals surface area (Å²) >= 11 is 0. The van der Waals surface area contributed by atoms with Gasteiger partial charge < -0.3 is 19.2 Å². The van der Waals surface area contributed by atoms with Crippen LogP contribution in [0.5, 0.6) is 5.75 Å². The number of carbonyl (C=O) groups is 2. The van der Waals surface area contributed by atoms with Crippen molar-refractivity contribution in [3.05, 3.63) is 130 Å². The monoisotopic (exact) mass is 493 g/mol. The summed E-state index contributed by atoms with van der Waals surface area (Å²) in [5, 5.41) is 11.4. The van der Waals surface area contributed by atoms with Gasteiger partial charge >= 0.3 is 0 Å². The molecule has 4 aromatic rings. The van der Waals surface area contributed by atoms with Crippen LogP contribution in [0.25, 0.3) is 5.76 Å². The molecule has 1 saturated heterocycles. The average molecular weight is 494 g/mol. The van der Waals surface area contributed by atoms with Gasteiger partial charge in [-0.1, -0.05) is 60.2 Å². The van der Waals surface area contributed by atoms with Crippen LogP contribution in [-0.4, -0.2) is 21.7 Å². The van der Waals surface area contributed by atoms with Gasteiger partial charge in [0.1, 0.15) is 23.9 Å². The lowest BCUT2D eigenvalue weighted by Crippen LogP contribution is -2.29. The Morgan fingerprint density at radius 1 is 0.946 bits per heavy atom. The van der Waals surface area contributed by atoms with Gasteiger partial charge in [0.15, 0.2) is 0 Å². The van der Waals surface area contributed by atoms with E-state index in [0.29, 0.717) is 23.7 Å². The Kier molecular flexibility index (Phi) is 6.64.